The molecule has 0 aliphatic rings. The van der Waals surface area contributed by atoms with E-state index in [1.807, 2.05) is 50.2 Å². The molecule has 5 nitrogen and oxygen atoms in total. The predicted octanol–water partition coefficient (Wildman–Crippen LogP) is 5.88. The molecule has 5 rings (SSSR count). The molecule has 0 amide bonds. The van der Waals surface area contributed by atoms with Crippen LogP contribution in [-0.2, 0) is 7.05 Å². The topological polar surface area (TPSA) is 64.1 Å². The number of fused-ring (bicyclic) bond motifs is 1. The standard InChI is InChI=1S/C25H21N3O2/c1-15-24(16(2)30-27-15)20-14-22-19(25(26-20)18-11-7-8-12-23(18)29)13-21(28(22)3)17-9-5-4-6-10-17/h4-14,29H,1-3H3. The minimum absolute atomic E-state index is 0.201. The third kappa shape index (κ3) is 2.78. The molecule has 1 N–H and O–H groups in total. The van der Waals surface area contributed by atoms with Gasteiger partial charge < -0.3 is 14.2 Å². The number of aromatic nitrogens is 3. The van der Waals surface area contributed by atoms with E-state index in [0.717, 1.165) is 50.6 Å². The summed E-state index contributed by atoms with van der Waals surface area (Å²) in [5.41, 5.74) is 7.11. The highest BCUT2D eigenvalue weighted by Gasteiger charge is 2.20. The summed E-state index contributed by atoms with van der Waals surface area (Å²) in [7, 11) is 2.05. The summed E-state index contributed by atoms with van der Waals surface area (Å²) in [4.78, 5) is 4.97. The van der Waals surface area contributed by atoms with Gasteiger partial charge in [-0.15, -0.1) is 0 Å². The molecule has 0 saturated carbocycles. The largest absolute Gasteiger partial charge is 0.507 e. The summed E-state index contributed by atoms with van der Waals surface area (Å²) in [5, 5.41) is 15.6. The Balaban J connectivity index is 1.87. The second-order valence-electron chi connectivity index (χ2n) is 7.46. The maximum atomic E-state index is 10.6. The van der Waals surface area contributed by atoms with E-state index in [1.165, 1.54) is 0 Å². The summed E-state index contributed by atoms with van der Waals surface area (Å²) in [5.74, 6) is 0.924. The minimum Gasteiger partial charge on any atom is -0.507 e. The van der Waals surface area contributed by atoms with Crippen LogP contribution in [0.1, 0.15) is 11.5 Å². The van der Waals surface area contributed by atoms with Crippen molar-refractivity contribution in [1.82, 2.24) is 14.7 Å². The van der Waals surface area contributed by atoms with Gasteiger partial charge in [-0.25, -0.2) is 4.98 Å². The minimum atomic E-state index is 0.201. The molecule has 0 spiro atoms. The van der Waals surface area contributed by atoms with E-state index in [-0.39, 0.29) is 5.75 Å². The molecule has 0 fully saturated rings. The van der Waals surface area contributed by atoms with Crippen LogP contribution in [0.5, 0.6) is 5.75 Å². The fraction of sp³-hybridized carbons (Fsp3) is 0.120. The van der Waals surface area contributed by atoms with E-state index < -0.39 is 0 Å². The number of nitrogens with zero attached hydrogens (tertiary/aromatic N) is 3. The fourth-order valence-electron chi connectivity index (χ4n) is 4.07. The number of aromatic hydroxyl groups is 1. The van der Waals surface area contributed by atoms with E-state index in [9.17, 15) is 5.11 Å². The molecule has 3 heterocycles. The molecule has 0 saturated heterocycles. The van der Waals surface area contributed by atoms with Gasteiger partial charge in [0.1, 0.15) is 11.5 Å². The molecule has 0 radical (unpaired) electrons. The van der Waals surface area contributed by atoms with Crippen LogP contribution in [0.3, 0.4) is 0 Å². The van der Waals surface area contributed by atoms with E-state index >= 15 is 0 Å². The molecular weight excluding hydrogens is 374 g/mol. The number of rotatable bonds is 3. The van der Waals surface area contributed by atoms with Crippen LogP contribution in [0.4, 0.5) is 0 Å². The van der Waals surface area contributed by atoms with Crippen molar-refractivity contribution >= 4 is 10.9 Å². The number of para-hydroxylation sites is 1. The highest BCUT2D eigenvalue weighted by atomic mass is 16.5. The van der Waals surface area contributed by atoms with Gasteiger partial charge in [-0.05, 0) is 43.7 Å². The molecule has 0 atom stereocenters. The number of pyridine rings is 1. The van der Waals surface area contributed by atoms with Gasteiger partial charge in [-0.2, -0.15) is 0 Å². The number of hydrogen-bond acceptors (Lipinski definition) is 4. The van der Waals surface area contributed by atoms with Gasteiger partial charge in [0.15, 0.2) is 0 Å². The molecule has 5 heteroatoms. The first-order valence-electron chi connectivity index (χ1n) is 9.82. The van der Waals surface area contributed by atoms with Gasteiger partial charge >= 0.3 is 0 Å². The van der Waals surface area contributed by atoms with Gasteiger partial charge in [-0.1, -0.05) is 47.6 Å². The number of benzene rings is 2. The van der Waals surface area contributed by atoms with E-state index in [1.54, 1.807) is 6.07 Å². The SMILES string of the molecule is Cc1noc(C)c1-c1cc2c(cc(-c3ccccc3)n2C)c(-c2ccccc2O)n1. The van der Waals surface area contributed by atoms with Crippen molar-refractivity contribution < 1.29 is 9.63 Å². The highest BCUT2D eigenvalue weighted by Crippen LogP contribution is 2.39. The molecule has 30 heavy (non-hydrogen) atoms. The Kier molecular flexibility index (Phi) is 4.17. The van der Waals surface area contributed by atoms with Crippen molar-refractivity contribution in [3.05, 3.63) is 78.2 Å². The lowest BCUT2D eigenvalue weighted by atomic mass is 10.0. The zero-order valence-electron chi connectivity index (χ0n) is 17.0. The van der Waals surface area contributed by atoms with Crippen molar-refractivity contribution in [1.29, 1.82) is 0 Å². The first-order valence-corrected chi connectivity index (χ1v) is 9.82. The third-order valence-electron chi connectivity index (χ3n) is 5.56. The molecule has 0 unspecified atom stereocenters. The Morgan fingerprint density at radius 2 is 1.67 bits per heavy atom. The number of phenolic OH excluding ortho intramolecular Hbond substituents is 1. The molecule has 0 aliphatic carbocycles. The van der Waals surface area contributed by atoms with E-state index in [2.05, 4.69) is 41.0 Å². The zero-order chi connectivity index (χ0) is 20.8. The first kappa shape index (κ1) is 18.2. The maximum absolute atomic E-state index is 10.6. The van der Waals surface area contributed by atoms with Crippen molar-refractivity contribution in [2.45, 2.75) is 13.8 Å². The molecule has 5 aromatic rings. The lowest BCUT2D eigenvalue weighted by Crippen LogP contribution is -1.95. The number of phenols is 1. The number of aryl methyl sites for hydroxylation is 3. The van der Waals surface area contributed by atoms with Crippen LogP contribution < -0.4 is 0 Å². The second kappa shape index (κ2) is 6.88. The van der Waals surface area contributed by atoms with Crippen molar-refractivity contribution in [2.24, 2.45) is 7.05 Å². The third-order valence-corrected chi connectivity index (χ3v) is 5.56. The Hall–Kier alpha value is -3.86. The van der Waals surface area contributed by atoms with Crippen molar-refractivity contribution in [3.8, 4) is 39.5 Å². The van der Waals surface area contributed by atoms with Crippen LogP contribution in [0.2, 0.25) is 0 Å². The first-order chi connectivity index (χ1) is 14.5. The zero-order valence-corrected chi connectivity index (χ0v) is 17.0. The van der Waals surface area contributed by atoms with Gasteiger partial charge in [0.25, 0.3) is 0 Å². The highest BCUT2D eigenvalue weighted by molar-refractivity contribution is 6.00. The van der Waals surface area contributed by atoms with Crippen LogP contribution in [0.25, 0.3) is 44.7 Å². The van der Waals surface area contributed by atoms with Gasteiger partial charge in [-0.3, -0.25) is 0 Å². The molecular formula is C25H21N3O2. The summed E-state index contributed by atoms with van der Waals surface area (Å²) in [6, 6.07) is 21.8. The summed E-state index contributed by atoms with van der Waals surface area (Å²) >= 11 is 0. The molecule has 148 valence electrons. The van der Waals surface area contributed by atoms with Gasteiger partial charge in [0.2, 0.25) is 0 Å². The van der Waals surface area contributed by atoms with Gasteiger partial charge in [0, 0.05) is 23.7 Å². The number of hydrogen-bond donors (Lipinski definition) is 1. The summed E-state index contributed by atoms with van der Waals surface area (Å²) in [6.07, 6.45) is 0. The van der Waals surface area contributed by atoms with Crippen LogP contribution in [0, 0.1) is 13.8 Å². The van der Waals surface area contributed by atoms with Crippen molar-refractivity contribution in [2.75, 3.05) is 0 Å². The van der Waals surface area contributed by atoms with Gasteiger partial charge in [0.05, 0.1) is 28.2 Å². The van der Waals surface area contributed by atoms with Crippen LogP contribution in [-0.4, -0.2) is 19.8 Å². The van der Waals surface area contributed by atoms with Crippen LogP contribution >= 0.6 is 0 Å². The maximum Gasteiger partial charge on any atom is 0.143 e. The Bertz CT molecular complexity index is 1360. The lowest BCUT2D eigenvalue weighted by molar-refractivity contribution is 0.393. The lowest BCUT2D eigenvalue weighted by Gasteiger charge is -2.10. The monoisotopic (exact) mass is 395 g/mol. The molecule has 0 bridgehead atoms. The molecule has 2 aromatic carbocycles. The second-order valence-corrected chi connectivity index (χ2v) is 7.46. The average molecular weight is 395 g/mol. The fourth-order valence-corrected chi connectivity index (χ4v) is 4.07. The molecule has 0 aliphatic heterocycles. The predicted molar refractivity (Wildman–Crippen MR) is 118 cm³/mol. The van der Waals surface area contributed by atoms with E-state index in [4.69, 9.17) is 9.51 Å². The summed E-state index contributed by atoms with van der Waals surface area (Å²) in [6.45, 7) is 3.80. The Morgan fingerprint density at radius 1 is 0.933 bits per heavy atom. The summed E-state index contributed by atoms with van der Waals surface area (Å²) < 4.78 is 7.55. The quantitative estimate of drug-likeness (QED) is 0.414. The Morgan fingerprint density at radius 3 is 2.37 bits per heavy atom. The van der Waals surface area contributed by atoms with Crippen LogP contribution in [0.15, 0.2) is 71.3 Å². The normalized spacial score (nSPS) is 11.3. The van der Waals surface area contributed by atoms with E-state index in [0.29, 0.717) is 5.56 Å². The smallest absolute Gasteiger partial charge is 0.143 e. The molecule has 3 aromatic heterocycles. The van der Waals surface area contributed by atoms with Crippen molar-refractivity contribution in [3.63, 3.8) is 0 Å². The Labute approximate surface area is 174 Å². The average Bonchev–Trinajstić information content (AvgIpc) is 3.27.